The van der Waals surface area contributed by atoms with Gasteiger partial charge in [-0.05, 0) is 29.8 Å². The Morgan fingerprint density at radius 2 is 2.00 bits per heavy atom. The number of hydrogen-bond acceptors (Lipinski definition) is 4. The van der Waals surface area contributed by atoms with E-state index >= 15 is 0 Å². The summed E-state index contributed by atoms with van der Waals surface area (Å²) in [5.41, 5.74) is 6.04. The summed E-state index contributed by atoms with van der Waals surface area (Å²) in [6, 6.07) is 9.10. The zero-order chi connectivity index (χ0) is 15.5. The molecule has 1 aromatic carbocycles. The van der Waals surface area contributed by atoms with Gasteiger partial charge in [-0.2, -0.15) is 13.2 Å². The average molecular weight is 314 g/mol. The molecule has 21 heavy (non-hydrogen) atoms. The van der Waals surface area contributed by atoms with E-state index in [0.717, 1.165) is 12.3 Å². The molecule has 0 bridgehead atoms. The van der Waals surface area contributed by atoms with Crippen molar-refractivity contribution in [3.8, 4) is 0 Å². The van der Waals surface area contributed by atoms with Gasteiger partial charge in [-0.1, -0.05) is 12.1 Å². The predicted octanol–water partition coefficient (Wildman–Crippen LogP) is 3.51. The number of halogens is 3. The molecule has 0 amide bonds. The van der Waals surface area contributed by atoms with Crippen LogP contribution in [0.1, 0.15) is 17.2 Å². The van der Waals surface area contributed by atoms with Crippen molar-refractivity contribution >= 4 is 17.4 Å². The fraction of sp³-hybridized carbons (Fsp3) is 0.214. The standard InChI is InChI=1S/C14H13F3N2OS/c15-14(16,17)10-4-5-13(19-7-10)21-8-12(20)9-2-1-3-11(18)6-9/h1-7,12,20H,8,18H2. The van der Waals surface area contributed by atoms with Gasteiger partial charge < -0.3 is 10.8 Å². The highest BCUT2D eigenvalue weighted by Gasteiger charge is 2.30. The molecule has 7 heteroatoms. The minimum absolute atomic E-state index is 0.280. The predicted molar refractivity (Wildman–Crippen MR) is 75.8 cm³/mol. The molecule has 0 saturated carbocycles. The Bertz CT molecular complexity index is 602. The van der Waals surface area contributed by atoms with Gasteiger partial charge in [0.2, 0.25) is 0 Å². The van der Waals surface area contributed by atoms with Crippen molar-refractivity contribution in [3.63, 3.8) is 0 Å². The van der Waals surface area contributed by atoms with Crippen molar-refractivity contribution in [2.75, 3.05) is 11.5 Å². The van der Waals surface area contributed by atoms with E-state index in [2.05, 4.69) is 4.98 Å². The normalized spacial score (nSPS) is 13.1. The van der Waals surface area contributed by atoms with Crippen LogP contribution in [0.15, 0.2) is 47.6 Å². The number of hydrogen-bond donors (Lipinski definition) is 2. The van der Waals surface area contributed by atoms with E-state index < -0.39 is 17.8 Å². The summed E-state index contributed by atoms with van der Waals surface area (Å²) in [6.45, 7) is 0. The Hall–Kier alpha value is -1.73. The first-order chi connectivity index (χ1) is 9.86. The van der Waals surface area contributed by atoms with E-state index in [1.165, 1.54) is 17.8 Å². The van der Waals surface area contributed by atoms with Crippen molar-refractivity contribution in [1.82, 2.24) is 4.98 Å². The van der Waals surface area contributed by atoms with Crippen molar-refractivity contribution in [2.45, 2.75) is 17.3 Å². The summed E-state index contributed by atoms with van der Waals surface area (Å²) in [6.07, 6.45) is -4.37. The Morgan fingerprint density at radius 3 is 2.57 bits per heavy atom. The Labute approximate surface area is 124 Å². The number of anilines is 1. The number of thioether (sulfide) groups is 1. The van der Waals surface area contributed by atoms with Crippen LogP contribution < -0.4 is 5.73 Å². The van der Waals surface area contributed by atoms with Gasteiger partial charge >= 0.3 is 6.18 Å². The molecule has 0 aliphatic rings. The third kappa shape index (κ3) is 4.37. The first kappa shape index (κ1) is 15.7. The molecule has 0 fully saturated rings. The number of nitrogens with zero attached hydrogens (tertiary/aromatic N) is 1. The second kappa shape index (κ2) is 6.36. The van der Waals surface area contributed by atoms with Crippen LogP contribution in [0.2, 0.25) is 0 Å². The van der Waals surface area contributed by atoms with Gasteiger partial charge in [0.05, 0.1) is 16.7 Å². The van der Waals surface area contributed by atoms with E-state index in [1.54, 1.807) is 24.3 Å². The van der Waals surface area contributed by atoms with Crippen LogP contribution in [-0.2, 0) is 6.18 Å². The lowest BCUT2D eigenvalue weighted by Crippen LogP contribution is -2.05. The third-order valence-corrected chi connectivity index (χ3v) is 3.77. The SMILES string of the molecule is Nc1cccc(C(O)CSc2ccc(C(F)(F)F)cn2)c1. The first-order valence-electron chi connectivity index (χ1n) is 6.06. The summed E-state index contributed by atoms with van der Waals surface area (Å²) in [5, 5.41) is 10.4. The maximum Gasteiger partial charge on any atom is 0.417 e. The molecule has 0 aliphatic heterocycles. The fourth-order valence-corrected chi connectivity index (χ4v) is 2.47. The lowest BCUT2D eigenvalue weighted by molar-refractivity contribution is -0.137. The number of aromatic nitrogens is 1. The molecule has 2 aromatic rings. The van der Waals surface area contributed by atoms with Gasteiger partial charge in [0.15, 0.2) is 0 Å². The Kier molecular flexibility index (Phi) is 4.74. The van der Waals surface area contributed by atoms with Crippen LogP contribution in [0.4, 0.5) is 18.9 Å². The van der Waals surface area contributed by atoms with E-state index in [-0.39, 0.29) is 5.75 Å². The molecule has 1 atom stereocenters. The second-order valence-electron chi connectivity index (χ2n) is 4.38. The van der Waals surface area contributed by atoms with Crippen molar-refractivity contribution in [1.29, 1.82) is 0 Å². The summed E-state index contributed by atoms with van der Waals surface area (Å²) in [4.78, 5) is 3.74. The molecule has 112 valence electrons. The molecule has 3 N–H and O–H groups in total. The molecule has 1 unspecified atom stereocenters. The van der Waals surface area contributed by atoms with Crippen LogP contribution in [0.25, 0.3) is 0 Å². The lowest BCUT2D eigenvalue weighted by Gasteiger charge is -2.11. The highest BCUT2D eigenvalue weighted by molar-refractivity contribution is 7.99. The number of benzene rings is 1. The first-order valence-corrected chi connectivity index (χ1v) is 7.04. The highest BCUT2D eigenvalue weighted by atomic mass is 32.2. The summed E-state index contributed by atoms with van der Waals surface area (Å²) >= 11 is 1.18. The molecule has 0 spiro atoms. The topological polar surface area (TPSA) is 59.1 Å². The molecule has 0 saturated heterocycles. The van der Waals surface area contributed by atoms with Crippen LogP contribution >= 0.6 is 11.8 Å². The van der Waals surface area contributed by atoms with Gasteiger partial charge in [0.1, 0.15) is 0 Å². The van der Waals surface area contributed by atoms with Crippen LogP contribution in [0, 0.1) is 0 Å². The molecule has 0 aliphatic carbocycles. The minimum Gasteiger partial charge on any atom is -0.399 e. The van der Waals surface area contributed by atoms with Gasteiger partial charge in [0, 0.05) is 17.6 Å². The number of alkyl halides is 3. The van der Waals surface area contributed by atoms with E-state index in [1.807, 2.05) is 0 Å². The molecular formula is C14H13F3N2OS. The highest BCUT2D eigenvalue weighted by Crippen LogP contribution is 2.30. The summed E-state index contributed by atoms with van der Waals surface area (Å²) in [7, 11) is 0. The lowest BCUT2D eigenvalue weighted by atomic mass is 10.1. The minimum atomic E-state index is -4.39. The number of rotatable bonds is 4. The van der Waals surface area contributed by atoms with Crippen LogP contribution in [0.5, 0.6) is 0 Å². The molecular weight excluding hydrogens is 301 g/mol. The molecule has 0 radical (unpaired) electrons. The summed E-state index contributed by atoms with van der Waals surface area (Å²) in [5.74, 6) is 0.280. The third-order valence-electron chi connectivity index (χ3n) is 2.75. The van der Waals surface area contributed by atoms with E-state index in [0.29, 0.717) is 16.3 Å². The van der Waals surface area contributed by atoms with Crippen molar-refractivity contribution < 1.29 is 18.3 Å². The number of aliphatic hydroxyl groups excluding tert-OH is 1. The molecule has 1 aromatic heterocycles. The molecule has 1 heterocycles. The Balaban J connectivity index is 1.97. The maximum atomic E-state index is 12.4. The van der Waals surface area contributed by atoms with Crippen LogP contribution in [0.3, 0.4) is 0 Å². The van der Waals surface area contributed by atoms with Gasteiger partial charge in [-0.3, -0.25) is 0 Å². The Morgan fingerprint density at radius 1 is 1.24 bits per heavy atom. The van der Waals surface area contributed by atoms with Gasteiger partial charge in [-0.25, -0.2) is 4.98 Å². The second-order valence-corrected chi connectivity index (χ2v) is 5.42. The van der Waals surface area contributed by atoms with Crippen molar-refractivity contribution in [3.05, 3.63) is 53.7 Å². The number of aliphatic hydroxyl groups is 1. The van der Waals surface area contributed by atoms with Crippen LogP contribution in [-0.4, -0.2) is 15.8 Å². The largest absolute Gasteiger partial charge is 0.417 e. The van der Waals surface area contributed by atoms with E-state index in [9.17, 15) is 18.3 Å². The molecule has 3 nitrogen and oxygen atoms in total. The zero-order valence-electron chi connectivity index (χ0n) is 10.8. The average Bonchev–Trinajstić information content (AvgIpc) is 2.44. The number of nitrogen functional groups attached to an aromatic ring is 1. The molecule has 2 rings (SSSR count). The fourth-order valence-electron chi connectivity index (χ4n) is 1.66. The van der Waals surface area contributed by atoms with E-state index in [4.69, 9.17) is 5.73 Å². The van der Waals surface area contributed by atoms with Gasteiger partial charge in [-0.15, -0.1) is 11.8 Å². The zero-order valence-corrected chi connectivity index (χ0v) is 11.7. The summed E-state index contributed by atoms with van der Waals surface area (Å²) < 4.78 is 37.2. The quantitative estimate of drug-likeness (QED) is 0.670. The van der Waals surface area contributed by atoms with Gasteiger partial charge in [0.25, 0.3) is 0 Å². The number of pyridine rings is 1. The monoisotopic (exact) mass is 314 g/mol. The maximum absolute atomic E-state index is 12.4. The number of nitrogens with two attached hydrogens (primary N) is 1. The smallest absolute Gasteiger partial charge is 0.399 e. The van der Waals surface area contributed by atoms with Crippen molar-refractivity contribution in [2.24, 2.45) is 0 Å².